The number of aromatic nitrogens is 1. The Kier molecular flexibility index (Phi) is 15.8. The number of hydrogen-bond donors (Lipinski definition) is 1. The van der Waals surface area contributed by atoms with Gasteiger partial charge >= 0.3 is 0 Å². The second kappa shape index (κ2) is 20.4. The molecule has 12 heteroatoms. The summed E-state index contributed by atoms with van der Waals surface area (Å²) in [5, 5.41) is 3.85. The topological polar surface area (TPSA) is 76.2 Å². The first-order valence-electron chi connectivity index (χ1n) is 16.9. The second-order valence-corrected chi connectivity index (χ2v) is 12.6. The average Bonchev–Trinajstić information content (AvgIpc) is 3.16. The third-order valence-corrected chi connectivity index (χ3v) is 8.86. The number of rotatable bonds is 14. The molecule has 1 N–H and O–H groups in total. The number of piperazine rings is 1. The fourth-order valence-corrected chi connectivity index (χ4v) is 5.83. The average molecular weight is 780 g/mol. The first-order valence-corrected chi connectivity index (χ1v) is 17.2. The van der Waals surface area contributed by atoms with E-state index in [0.717, 1.165) is 55.2 Å². The number of nitrogens with zero attached hydrogens (tertiary/aromatic N) is 3. The minimum absolute atomic E-state index is 0. The molecule has 0 spiro atoms. The molecule has 0 unspecified atom stereocenters. The van der Waals surface area contributed by atoms with Crippen LogP contribution >= 0.6 is 36.4 Å². The normalized spacial score (nSPS) is 12.8. The molecule has 278 valence electrons. The second-order valence-electron chi connectivity index (χ2n) is 12.2. The molecule has 1 aromatic heterocycles. The number of anilines is 1. The summed E-state index contributed by atoms with van der Waals surface area (Å²) in [6.07, 6.45) is 5.86. The number of methoxy groups -OCH3 is 1. The van der Waals surface area contributed by atoms with E-state index in [2.05, 4.69) is 39.5 Å². The molecular weight excluding hydrogens is 738 g/mol. The van der Waals surface area contributed by atoms with Gasteiger partial charge in [-0.25, -0.2) is 9.37 Å². The molecule has 0 aliphatic carbocycles. The molecule has 1 aliphatic rings. The van der Waals surface area contributed by atoms with Crippen molar-refractivity contribution >= 4 is 54.1 Å². The summed E-state index contributed by atoms with van der Waals surface area (Å²) in [7, 11) is 1.67. The standard InChI is InChI=1S/C41H40ClFN4O4.2ClH/c1-49-36-14-12-35(13-15-36)44-21-20-30-2-4-32(5-3-30)28-46-22-24-47(25-23-46)41(48)19-9-31-8-17-39(38(42)26-31)51-40-18-16-37(27-45-40)50-29-33-6-10-34(43)11-7-33;;/h2-19,26-27,44H,20-25,28-29H2,1H3;2*1H/b19-9+;;. The predicted octanol–water partition coefficient (Wildman–Crippen LogP) is 9.11. The lowest BCUT2D eigenvalue weighted by Crippen LogP contribution is -2.47. The molecule has 1 saturated heterocycles. The minimum Gasteiger partial charge on any atom is -0.497 e. The number of carbonyl (C=O) groups excluding carboxylic acids is 1. The maximum atomic E-state index is 13.1. The molecule has 0 radical (unpaired) electrons. The van der Waals surface area contributed by atoms with E-state index in [1.54, 1.807) is 61.9 Å². The Morgan fingerprint density at radius 3 is 2.19 bits per heavy atom. The molecule has 1 aliphatic heterocycles. The summed E-state index contributed by atoms with van der Waals surface area (Å²) >= 11 is 6.50. The molecular formula is C41H42Cl3FN4O4. The van der Waals surface area contributed by atoms with Crippen LogP contribution in [0.15, 0.2) is 115 Å². The van der Waals surface area contributed by atoms with Gasteiger partial charge in [0.25, 0.3) is 0 Å². The Balaban J connectivity index is 0.00000314. The smallest absolute Gasteiger partial charge is 0.246 e. The first-order chi connectivity index (χ1) is 24.9. The van der Waals surface area contributed by atoms with Crippen molar-refractivity contribution in [3.63, 3.8) is 0 Å². The van der Waals surface area contributed by atoms with E-state index in [-0.39, 0.29) is 36.5 Å². The van der Waals surface area contributed by atoms with Gasteiger partial charge in [0.2, 0.25) is 11.8 Å². The van der Waals surface area contributed by atoms with Crippen molar-refractivity contribution in [2.45, 2.75) is 19.6 Å². The lowest BCUT2D eigenvalue weighted by molar-refractivity contribution is -0.127. The number of ether oxygens (including phenoxy) is 3. The molecule has 1 amide bonds. The zero-order chi connectivity index (χ0) is 35.4. The van der Waals surface area contributed by atoms with E-state index in [0.29, 0.717) is 42.1 Å². The lowest BCUT2D eigenvalue weighted by Gasteiger charge is -2.34. The highest BCUT2D eigenvalue weighted by Gasteiger charge is 2.19. The van der Waals surface area contributed by atoms with Crippen molar-refractivity contribution in [3.8, 4) is 23.1 Å². The summed E-state index contributed by atoms with van der Waals surface area (Å²) in [4.78, 5) is 21.5. The molecule has 0 atom stereocenters. The van der Waals surface area contributed by atoms with E-state index in [1.165, 1.54) is 23.3 Å². The Bertz CT molecular complexity index is 1900. The third kappa shape index (κ3) is 12.4. The van der Waals surface area contributed by atoms with E-state index in [9.17, 15) is 9.18 Å². The lowest BCUT2D eigenvalue weighted by atomic mass is 10.1. The van der Waals surface area contributed by atoms with Crippen molar-refractivity contribution in [3.05, 3.63) is 148 Å². The van der Waals surface area contributed by atoms with Crippen LogP contribution in [-0.4, -0.2) is 60.5 Å². The van der Waals surface area contributed by atoms with Gasteiger partial charge < -0.3 is 24.4 Å². The van der Waals surface area contributed by atoms with Gasteiger partial charge in [0.05, 0.1) is 18.3 Å². The molecule has 2 heterocycles. The van der Waals surface area contributed by atoms with E-state index in [4.69, 9.17) is 25.8 Å². The van der Waals surface area contributed by atoms with E-state index >= 15 is 0 Å². The van der Waals surface area contributed by atoms with Crippen LogP contribution in [0.25, 0.3) is 6.08 Å². The highest BCUT2D eigenvalue weighted by Crippen LogP contribution is 2.30. The predicted molar refractivity (Wildman–Crippen MR) is 214 cm³/mol. The number of hydrogen-bond acceptors (Lipinski definition) is 7. The molecule has 53 heavy (non-hydrogen) atoms. The van der Waals surface area contributed by atoms with E-state index < -0.39 is 0 Å². The molecule has 1 fully saturated rings. The summed E-state index contributed by atoms with van der Waals surface area (Å²) in [6, 6.07) is 31.7. The fourth-order valence-electron chi connectivity index (χ4n) is 5.60. The quantitative estimate of drug-likeness (QED) is 0.113. The zero-order valence-corrected chi connectivity index (χ0v) is 31.6. The van der Waals surface area contributed by atoms with E-state index in [1.807, 2.05) is 35.2 Å². The van der Waals surface area contributed by atoms with Crippen molar-refractivity contribution in [2.75, 3.05) is 45.2 Å². The van der Waals surface area contributed by atoms with Crippen molar-refractivity contribution < 1.29 is 23.4 Å². The van der Waals surface area contributed by atoms with Gasteiger partial charge in [-0.2, -0.15) is 0 Å². The van der Waals surface area contributed by atoms with Crippen LogP contribution in [0.1, 0.15) is 22.3 Å². The van der Waals surface area contributed by atoms with Gasteiger partial charge in [0.15, 0.2) is 0 Å². The summed E-state index contributed by atoms with van der Waals surface area (Å²) < 4.78 is 29.9. The maximum Gasteiger partial charge on any atom is 0.246 e. The molecule has 0 bridgehead atoms. The van der Waals surface area contributed by atoms with Gasteiger partial charge in [-0.1, -0.05) is 54.1 Å². The number of carbonyl (C=O) groups is 1. The van der Waals surface area contributed by atoms with Crippen LogP contribution in [0.5, 0.6) is 23.1 Å². The van der Waals surface area contributed by atoms with Crippen LogP contribution in [0.2, 0.25) is 5.02 Å². The van der Waals surface area contributed by atoms with Crippen LogP contribution in [-0.2, 0) is 24.4 Å². The van der Waals surface area contributed by atoms with Gasteiger partial charge in [-0.05, 0) is 89.3 Å². The number of amides is 1. The van der Waals surface area contributed by atoms with Gasteiger partial charge in [-0.15, -0.1) is 24.8 Å². The van der Waals surface area contributed by atoms with Gasteiger partial charge in [0, 0.05) is 57.1 Å². The number of nitrogens with one attached hydrogen (secondary N) is 1. The summed E-state index contributed by atoms with van der Waals surface area (Å²) in [5.74, 6) is 1.90. The van der Waals surface area contributed by atoms with Crippen molar-refractivity contribution in [1.29, 1.82) is 0 Å². The Morgan fingerprint density at radius 2 is 1.53 bits per heavy atom. The zero-order valence-electron chi connectivity index (χ0n) is 29.3. The van der Waals surface area contributed by atoms with Crippen molar-refractivity contribution in [2.24, 2.45) is 0 Å². The number of benzene rings is 4. The van der Waals surface area contributed by atoms with Crippen molar-refractivity contribution in [1.82, 2.24) is 14.8 Å². The van der Waals surface area contributed by atoms with Crippen LogP contribution < -0.4 is 19.5 Å². The highest BCUT2D eigenvalue weighted by atomic mass is 35.5. The van der Waals surface area contributed by atoms with Gasteiger partial charge in [0.1, 0.15) is 29.7 Å². The Morgan fingerprint density at radius 1 is 0.849 bits per heavy atom. The first kappa shape index (κ1) is 41.0. The van der Waals surface area contributed by atoms with Crippen LogP contribution in [0.4, 0.5) is 10.1 Å². The third-order valence-electron chi connectivity index (χ3n) is 8.56. The van der Waals surface area contributed by atoms with Crippen LogP contribution in [0, 0.1) is 5.82 Å². The SMILES string of the molecule is COc1ccc(NCCc2ccc(CN3CCN(C(=O)/C=C/c4ccc(Oc5ccc(OCc6ccc(F)cc6)cn5)c(Cl)c4)CC3)cc2)cc1.Cl.Cl. The molecule has 8 nitrogen and oxygen atoms in total. The summed E-state index contributed by atoms with van der Waals surface area (Å²) in [5.41, 5.74) is 5.28. The molecule has 5 aromatic rings. The Hall–Kier alpha value is -4.80. The number of pyridine rings is 1. The Labute approximate surface area is 327 Å². The number of halogens is 4. The monoisotopic (exact) mass is 778 g/mol. The minimum atomic E-state index is -0.288. The highest BCUT2D eigenvalue weighted by molar-refractivity contribution is 6.32. The molecule has 6 rings (SSSR count). The maximum absolute atomic E-state index is 13.1. The molecule has 4 aromatic carbocycles. The fraction of sp³-hybridized carbons (Fsp3) is 0.220. The largest absolute Gasteiger partial charge is 0.497 e. The molecule has 0 saturated carbocycles. The van der Waals surface area contributed by atoms with Gasteiger partial charge in [-0.3, -0.25) is 9.69 Å². The summed E-state index contributed by atoms with van der Waals surface area (Å²) in [6.45, 7) is 5.00. The van der Waals surface area contributed by atoms with Crippen LogP contribution in [0.3, 0.4) is 0 Å².